The van der Waals surface area contributed by atoms with Crippen LogP contribution in [-0.4, -0.2) is 27.7 Å². The first-order valence-corrected chi connectivity index (χ1v) is 13.6. The maximum absolute atomic E-state index is 12.6. The Morgan fingerprint density at radius 2 is 1.62 bits per heavy atom. The molecule has 0 amide bonds. The van der Waals surface area contributed by atoms with Crippen LogP contribution in [0.5, 0.6) is 11.5 Å². The third kappa shape index (κ3) is 8.04. The summed E-state index contributed by atoms with van der Waals surface area (Å²) in [5.74, 6) is 1.81. The van der Waals surface area contributed by atoms with E-state index in [2.05, 4.69) is 27.2 Å². The fraction of sp³-hybridized carbons (Fsp3) is 0.323. The first-order valence-electron chi connectivity index (χ1n) is 13.2. The van der Waals surface area contributed by atoms with E-state index in [0.29, 0.717) is 31.4 Å². The van der Waals surface area contributed by atoms with Crippen LogP contribution < -0.4 is 9.47 Å². The van der Waals surface area contributed by atoms with Gasteiger partial charge in [-0.05, 0) is 48.7 Å². The third-order valence-electron chi connectivity index (χ3n) is 6.33. The van der Waals surface area contributed by atoms with Gasteiger partial charge in [-0.25, -0.2) is 4.98 Å². The Morgan fingerprint density at radius 3 is 2.31 bits per heavy atom. The summed E-state index contributed by atoms with van der Waals surface area (Å²) < 4.78 is 37.7. The van der Waals surface area contributed by atoms with Gasteiger partial charge in [-0.15, -0.1) is 0 Å². The number of hydrogen-bond acceptors (Lipinski definition) is 4. The number of aromatic nitrogens is 2. The average molecular weight is 554 g/mol. The van der Waals surface area contributed by atoms with Gasteiger partial charge in [0, 0.05) is 31.7 Å². The molecule has 0 spiro atoms. The Morgan fingerprint density at radius 1 is 0.872 bits per heavy atom. The van der Waals surface area contributed by atoms with E-state index in [4.69, 9.17) is 21.3 Å². The molecule has 0 aliphatic heterocycles. The predicted octanol–water partition coefficient (Wildman–Crippen LogP) is 8.21. The Balaban J connectivity index is 1.66. The van der Waals surface area contributed by atoms with Gasteiger partial charge in [0.1, 0.15) is 17.3 Å². The first kappa shape index (κ1) is 28.6. The lowest BCUT2D eigenvalue weighted by Crippen LogP contribution is -2.24. The van der Waals surface area contributed by atoms with E-state index in [-0.39, 0.29) is 5.75 Å². The fourth-order valence-electron chi connectivity index (χ4n) is 4.54. The second-order valence-electron chi connectivity index (χ2n) is 9.29. The van der Waals surface area contributed by atoms with Crippen molar-refractivity contribution in [2.75, 3.05) is 6.61 Å². The van der Waals surface area contributed by atoms with E-state index in [9.17, 15) is 8.78 Å². The van der Waals surface area contributed by atoms with Crippen LogP contribution in [0.1, 0.15) is 43.5 Å². The van der Waals surface area contributed by atoms with E-state index in [1.165, 1.54) is 0 Å². The van der Waals surface area contributed by atoms with Gasteiger partial charge in [0.15, 0.2) is 5.15 Å². The molecule has 0 N–H and O–H groups in total. The van der Waals surface area contributed by atoms with Crippen molar-refractivity contribution >= 4 is 11.6 Å². The number of ether oxygens (including phenoxy) is 2. The predicted molar refractivity (Wildman–Crippen MR) is 151 cm³/mol. The zero-order chi connectivity index (χ0) is 27.6. The monoisotopic (exact) mass is 553 g/mol. The summed E-state index contributed by atoms with van der Waals surface area (Å²) in [7, 11) is 0. The Labute approximate surface area is 234 Å². The van der Waals surface area contributed by atoms with Crippen molar-refractivity contribution in [1.29, 1.82) is 0 Å². The number of imidazole rings is 1. The Hall–Kier alpha value is -3.42. The number of alkyl halides is 2. The molecule has 0 fully saturated rings. The Bertz CT molecular complexity index is 1310. The van der Waals surface area contributed by atoms with Gasteiger partial charge in [-0.3, -0.25) is 4.90 Å². The molecule has 4 rings (SSSR count). The molecule has 0 unspecified atom stereocenters. The summed E-state index contributed by atoms with van der Waals surface area (Å²) in [5, 5.41) is 0.485. The molecule has 0 aliphatic carbocycles. The van der Waals surface area contributed by atoms with Crippen LogP contribution >= 0.6 is 11.6 Å². The molecule has 0 aliphatic rings. The number of halogens is 3. The molecule has 5 nitrogen and oxygen atoms in total. The minimum absolute atomic E-state index is 0.137. The molecule has 39 heavy (non-hydrogen) atoms. The maximum Gasteiger partial charge on any atom is 0.387 e. The summed E-state index contributed by atoms with van der Waals surface area (Å²) in [5.41, 5.74) is 4.03. The molecule has 1 heterocycles. The van der Waals surface area contributed by atoms with Gasteiger partial charge in [0.05, 0.1) is 12.3 Å². The second kappa shape index (κ2) is 14.1. The summed E-state index contributed by atoms with van der Waals surface area (Å²) in [6.45, 7) is 4.43. The lowest BCUT2D eigenvalue weighted by Gasteiger charge is -2.24. The molecule has 4 aromatic rings. The largest absolute Gasteiger partial charge is 0.494 e. The van der Waals surface area contributed by atoms with Crippen LogP contribution in [0.25, 0.3) is 11.4 Å². The number of nitrogens with zero attached hydrogens (tertiary/aromatic N) is 3. The van der Waals surface area contributed by atoms with Crippen molar-refractivity contribution in [2.45, 2.75) is 59.5 Å². The molecule has 0 radical (unpaired) electrons. The van der Waals surface area contributed by atoms with Gasteiger partial charge in [-0.2, -0.15) is 8.78 Å². The van der Waals surface area contributed by atoms with Crippen molar-refractivity contribution in [3.05, 3.63) is 101 Å². The third-order valence-corrected chi connectivity index (χ3v) is 6.64. The van der Waals surface area contributed by atoms with Crippen LogP contribution in [0.15, 0.2) is 78.9 Å². The number of benzene rings is 3. The SMILES string of the molecule is CCCCn1c(-c2ccccc2)nc(Cl)c1CN(Cc1ccc(OC(F)F)cc1)Cc1cccc(OCC)c1. The molecule has 3 aromatic carbocycles. The van der Waals surface area contributed by atoms with Crippen LogP contribution in [0.4, 0.5) is 8.78 Å². The smallest absolute Gasteiger partial charge is 0.387 e. The van der Waals surface area contributed by atoms with Crippen molar-refractivity contribution < 1.29 is 18.3 Å². The van der Waals surface area contributed by atoms with E-state index >= 15 is 0 Å². The van der Waals surface area contributed by atoms with Crippen LogP contribution in [-0.2, 0) is 26.2 Å². The second-order valence-corrected chi connectivity index (χ2v) is 9.65. The fourth-order valence-corrected chi connectivity index (χ4v) is 4.79. The van der Waals surface area contributed by atoms with Crippen molar-refractivity contribution in [3.63, 3.8) is 0 Å². The highest BCUT2D eigenvalue weighted by molar-refractivity contribution is 6.30. The molecule has 0 saturated heterocycles. The maximum atomic E-state index is 12.6. The van der Waals surface area contributed by atoms with Gasteiger partial charge >= 0.3 is 6.61 Å². The van der Waals surface area contributed by atoms with Gasteiger partial charge in [-0.1, -0.05) is 79.5 Å². The number of unbranched alkanes of at least 4 members (excludes halogenated alkanes) is 1. The molecule has 8 heteroatoms. The first-order chi connectivity index (χ1) is 19.0. The molecule has 0 bridgehead atoms. The standard InChI is InChI=1S/C31H34ClF2N3O2/c1-3-5-18-37-28(29(32)35-30(37)25-11-7-6-8-12-25)22-36(21-24-10-9-13-27(19-24)38-4-2)20-23-14-16-26(17-15-23)39-31(33)34/h6-17,19,31H,3-5,18,20-22H2,1-2H3. The van der Waals surface area contributed by atoms with Crippen molar-refractivity contribution in [1.82, 2.24) is 14.5 Å². The highest BCUT2D eigenvalue weighted by Crippen LogP contribution is 2.29. The van der Waals surface area contributed by atoms with E-state index in [0.717, 1.165) is 53.3 Å². The van der Waals surface area contributed by atoms with Gasteiger partial charge in [0.2, 0.25) is 0 Å². The quantitative estimate of drug-likeness (QED) is 0.158. The molecule has 1 aromatic heterocycles. The van der Waals surface area contributed by atoms with Gasteiger partial charge < -0.3 is 14.0 Å². The number of hydrogen-bond donors (Lipinski definition) is 0. The van der Waals surface area contributed by atoms with Crippen molar-refractivity contribution in [2.24, 2.45) is 0 Å². The molecular formula is C31H34ClF2N3O2. The normalized spacial score (nSPS) is 11.4. The number of rotatable bonds is 14. The highest BCUT2D eigenvalue weighted by atomic mass is 35.5. The molecule has 0 atom stereocenters. The van der Waals surface area contributed by atoms with E-state index in [1.54, 1.807) is 12.1 Å². The van der Waals surface area contributed by atoms with Crippen LogP contribution in [0.3, 0.4) is 0 Å². The van der Waals surface area contributed by atoms with Crippen LogP contribution in [0, 0.1) is 0 Å². The topological polar surface area (TPSA) is 39.5 Å². The van der Waals surface area contributed by atoms with Gasteiger partial charge in [0.25, 0.3) is 0 Å². The average Bonchev–Trinajstić information content (AvgIpc) is 3.23. The molecule has 206 valence electrons. The molecule has 0 saturated carbocycles. The summed E-state index contributed by atoms with van der Waals surface area (Å²) >= 11 is 6.80. The van der Waals surface area contributed by atoms with Crippen molar-refractivity contribution in [3.8, 4) is 22.9 Å². The van der Waals surface area contributed by atoms with Crippen LogP contribution in [0.2, 0.25) is 5.15 Å². The lowest BCUT2D eigenvalue weighted by molar-refractivity contribution is -0.0498. The minimum atomic E-state index is -2.85. The minimum Gasteiger partial charge on any atom is -0.494 e. The Kier molecular flexibility index (Phi) is 10.3. The van der Waals surface area contributed by atoms with E-state index < -0.39 is 6.61 Å². The zero-order valence-electron chi connectivity index (χ0n) is 22.3. The van der Waals surface area contributed by atoms with E-state index in [1.807, 2.05) is 67.6 Å². The summed E-state index contributed by atoms with van der Waals surface area (Å²) in [6, 6.07) is 24.9. The molecular weight excluding hydrogens is 520 g/mol. The zero-order valence-corrected chi connectivity index (χ0v) is 23.1. The lowest BCUT2D eigenvalue weighted by atomic mass is 10.1. The highest BCUT2D eigenvalue weighted by Gasteiger charge is 2.20. The summed E-state index contributed by atoms with van der Waals surface area (Å²) in [6.07, 6.45) is 2.05. The summed E-state index contributed by atoms with van der Waals surface area (Å²) in [4.78, 5) is 7.04.